The standard InChI is InChI=1S/C48H31NS2/c1-3-15-32(16-4-1)35-22-14-28-46-47(35)40-21-9-12-27-45(40)50-44-26-11-8-20-38(44)39-24-13-23-36(48(39)51-46)33-29-30-43-41(31-33)37-19-7-10-25-42(37)49(43)34-17-5-2-6-18-34/h1-31H. The molecular weight excluding hydrogens is 655 g/mol. The van der Waals surface area contributed by atoms with E-state index in [0.717, 1.165) is 0 Å². The van der Waals surface area contributed by atoms with Crippen molar-refractivity contribution in [2.24, 2.45) is 0 Å². The molecule has 2 heterocycles. The van der Waals surface area contributed by atoms with Crippen molar-refractivity contribution in [1.82, 2.24) is 4.57 Å². The second-order valence-electron chi connectivity index (χ2n) is 12.8. The van der Waals surface area contributed by atoms with Crippen molar-refractivity contribution in [3.63, 3.8) is 0 Å². The van der Waals surface area contributed by atoms with E-state index in [4.69, 9.17) is 0 Å². The van der Waals surface area contributed by atoms with Gasteiger partial charge in [-0.2, -0.15) is 0 Å². The van der Waals surface area contributed by atoms with Crippen LogP contribution in [0.1, 0.15) is 0 Å². The highest BCUT2D eigenvalue weighted by Gasteiger charge is 2.24. The van der Waals surface area contributed by atoms with Crippen molar-refractivity contribution < 1.29 is 0 Å². The molecule has 0 unspecified atom stereocenters. The Kier molecular flexibility index (Phi) is 7.41. The number of fused-ring (bicyclic) bond motifs is 9. The molecule has 1 aliphatic heterocycles. The Morgan fingerprint density at radius 3 is 1.76 bits per heavy atom. The molecule has 3 heteroatoms. The van der Waals surface area contributed by atoms with Gasteiger partial charge in [-0.25, -0.2) is 0 Å². The number of para-hydroxylation sites is 2. The van der Waals surface area contributed by atoms with E-state index >= 15 is 0 Å². The topological polar surface area (TPSA) is 4.93 Å². The molecule has 0 aliphatic carbocycles. The van der Waals surface area contributed by atoms with Crippen LogP contribution in [-0.2, 0) is 0 Å². The minimum Gasteiger partial charge on any atom is -0.309 e. The summed E-state index contributed by atoms with van der Waals surface area (Å²) in [5.74, 6) is 0. The Morgan fingerprint density at radius 2 is 0.922 bits per heavy atom. The van der Waals surface area contributed by atoms with Crippen LogP contribution >= 0.6 is 23.5 Å². The summed E-state index contributed by atoms with van der Waals surface area (Å²) >= 11 is 3.76. The zero-order valence-corrected chi connectivity index (χ0v) is 29.3. The molecule has 0 radical (unpaired) electrons. The van der Waals surface area contributed by atoms with E-state index in [9.17, 15) is 0 Å². The summed E-state index contributed by atoms with van der Waals surface area (Å²) < 4.78 is 2.39. The smallest absolute Gasteiger partial charge is 0.0541 e. The second kappa shape index (κ2) is 12.5. The van der Waals surface area contributed by atoms with Gasteiger partial charge >= 0.3 is 0 Å². The predicted octanol–water partition coefficient (Wildman–Crippen LogP) is 14.1. The monoisotopic (exact) mass is 685 g/mol. The van der Waals surface area contributed by atoms with Gasteiger partial charge in [-0.15, -0.1) is 0 Å². The zero-order chi connectivity index (χ0) is 33.7. The van der Waals surface area contributed by atoms with Gasteiger partial charge in [0.15, 0.2) is 0 Å². The first-order valence-corrected chi connectivity index (χ1v) is 18.9. The van der Waals surface area contributed by atoms with Gasteiger partial charge in [0.2, 0.25) is 0 Å². The average molecular weight is 686 g/mol. The molecule has 51 heavy (non-hydrogen) atoms. The van der Waals surface area contributed by atoms with E-state index in [1.807, 2.05) is 23.5 Å². The van der Waals surface area contributed by atoms with E-state index in [1.165, 1.54) is 91.6 Å². The average Bonchev–Trinajstić information content (AvgIpc) is 3.53. The highest BCUT2D eigenvalue weighted by Crippen LogP contribution is 2.53. The van der Waals surface area contributed by atoms with Crippen molar-refractivity contribution >= 4 is 45.3 Å². The largest absolute Gasteiger partial charge is 0.309 e. The maximum Gasteiger partial charge on any atom is 0.0541 e. The lowest BCUT2D eigenvalue weighted by Crippen LogP contribution is -1.96. The summed E-state index contributed by atoms with van der Waals surface area (Å²) in [6.45, 7) is 0. The normalized spacial score (nSPS) is 12.2. The van der Waals surface area contributed by atoms with E-state index in [-0.39, 0.29) is 0 Å². The number of hydrogen-bond acceptors (Lipinski definition) is 2. The number of nitrogens with zero attached hydrogens (tertiary/aromatic N) is 1. The van der Waals surface area contributed by atoms with E-state index < -0.39 is 0 Å². The number of benzene rings is 8. The summed E-state index contributed by atoms with van der Waals surface area (Å²) in [5.41, 5.74) is 13.6. The predicted molar refractivity (Wildman–Crippen MR) is 217 cm³/mol. The van der Waals surface area contributed by atoms with Crippen molar-refractivity contribution in [3.05, 3.63) is 188 Å². The molecule has 0 saturated carbocycles. The van der Waals surface area contributed by atoms with Crippen LogP contribution in [0.5, 0.6) is 0 Å². The Bertz CT molecular complexity index is 2740. The summed E-state index contributed by atoms with van der Waals surface area (Å²) in [6, 6.07) is 68.7. The molecule has 10 rings (SSSR count). The summed E-state index contributed by atoms with van der Waals surface area (Å²) in [4.78, 5) is 5.03. The van der Waals surface area contributed by atoms with Gasteiger partial charge in [-0.1, -0.05) is 163 Å². The Balaban J connectivity index is 1.24. The van der Waals surface area contributed by atoms with E-state index in [0.29, 0.717) is 0 Å². The van der Waals surface area contributed by atoms with Crippen LogP contribution in [0.3, 0.4) is 0 Å². The fraction of sp³-hybridized carbons (Fsp3) is 0. The lowest BCUT2D eigenvalue weighted by atomic mass is 9.94. The molecule has 1 aliphatic rings. The maximum absolute atomic E-state index is 2.41. The van der Waals surface area contributed by atoms with Crippen LogP contribution in [-0.4, -0.2) is 4.57 Å². The third-order valence-corrected chi connectivity index (χ3v) is 12.2. The lowest BCUT2D eigenvalue weighted by molar-refractivity contribution is 1.18. The molecule has 0 saturated heterocycles. The molecule has 0 fully saturated rings. The van der Waals surface area contributed by atoms with Crippen LogP contribution in [0, 0.1) is 0 Å². The molecule has 240 valence electrons. The highest BCUT2D eigenvalue weighted by atomic mass is 32.2. The molecule has 0 N–H and O–H groups in total. The van der Waals surface area contributed by atoms with Gasteiger partial charge in [0, 0.05) is 41.6 Å². The Labute approximate surface area is 306 Å². The number of rotatable bonds is 3. The van der Waals surface area contributed by atoms with Gasteiger partial charge < -0.3 is 4.57 Å². The first-order valence-electron chi connectivity index (χ1n) is 17.3. The minimum atomic E-state index is 1.17. The molecule has 9 aromatic rings. The minimum absolute atomic E-state index is 1.17. The van der Waals surface area contributed by atoms with Crippen LogP contribution in [0.4, 0.5) is 0 Å². The SMILES string of the molecule is c1ccc(-c2cccc3c2-c2ccccc2Sc2ccccc2-c2cccc(-c4ccc5c(c4)c4ccccc4n5-c4ccccc4)c2S3)cc1. The molecule has 0 bridgehead atoms. The Hall–Kier alpha value is -5.74. The third kappa shape index (κ3) is 5.12. The van der Waals surface area contributed by atoms with Gasteiger partial charge in [-0.05, 0) is 87.5 Å². The fourth-order valence-corrected chi connectivity index (χ4v) is 9.97. The van der Waals surface area contributed by atoms with Crippen molar-refractivity contribution in [2.45, 2.75) is 19.6 Å². The van der Waals surface area contributed by atoms with E-state index in [2.05, 4.69) is 193 Å². The quantitative estimate of drug-likeness (QED) is 0.182. The molecular formula is C48H31NS2. The summed E-state index contributed by atoms with van der Waals surface area (Å²) in [6.07, 6.45) is 0. The molecule has 8 aromatic carbocycles. The van der Waals surface area contributed by atoms with Gasteiger partial charge in [-0.3, -0.25) is 0 Å². The van der Waals surface area contributed by atoms with Crippen LogP contribution < -0.4 is 0 Å². The second-order valence-corrected chi connectivity index (χ2v) is 15.0. The van der Waals surface area contributed by atoms with Gasteiger partial charge in [0.1, 0.15) is 0 Å². The van der Waals surface area contributed by atoms with Gasteiger partial charge in [0.05, 0.1) is 11.0 Å². The molecule has 0 atom stereocenters. The van der Waals surface area contributed by atoms with Crippen molar-refractivity contribution in [2.75, 3.05) is 0 Å². The zero-order valence-electron chi connectivity index (χ0n) is 27.7. The van der Waals surface area contributed by atoms with Crippen molar-refractivity contribution in [3.8, 4) is 50.2 Å². The Morgan fingerprint density at radius 1 is 0.333 bits per heavy atom. The first kappa shape index (κ1) is 30.1. The molecule has 0 amide bonds. The highest BCUT2D eigenvalue weighted by molar-refractivity contribution is 8.00. The van der Waals surface area contributed by atoms with Crippen LogP contribution in [0.25, 0.3) is 72.0 Å². The first-order chi connectivity index (χ1) is 25.3. The van der Waals surface area contributed by atoms with Crippen LogP contribution in [0.2, 0.25) is 0 Å². The maximum atomic E-state index is 2.41. The number of hydrogen-bond donors (Lipinski definition) is 0. The van der Waals surface area contributed by atoms with Crippen molar-refractivity contribution in [1.29, 1.82) is 0 Å². The lowest BCUT2D eigenvalue weighted by Gasteiger charge is -2.23. The van der Waals surface area contributed by atoms with Crippen LogP contribution in [0.15, 0.2) is 208 Å². The van der Waals surface area contributed by atoms with Gasteiger partial charge in [0.25, 0.3) is 0 Å². The fourth-order valence-electron chi connectivity index (χ4n) is 7.60. The molecule has 0 spiro atoms. The third-order valence-electron chi connectivity index (χ3n) is 9.89. The molecule has 1 aromatic heterocycles. The summed E-state index contributed by atoms with van der Waals surface area (Å²) in [7, 11) is 0. The number of aromatic nitrogens is 1. The summed E-state index contributed by atoms with van der Waals surface area (Å²) in [5, 5.41) is 2.51. The molecule has 1 nitrogen and oxygen atoms in total. The van der Waals surface area contributed by atoms with E-state index in [1.54, 1.807) is 0 Å².